The second-order valence-corrected chi connectivity index (χ2v) is 6.38. The summed E-state index contributed by atoms with van der Waals surface area (Å²) in [5.41, 5.74) is 3.94. The molecule has 0 saturated carbocycles. The largest absolute Gasteiger partial charge is 0.496 e. The molecule has 27 heavy (non-hydrogen) atoms. The maximum Gasteiger partial charge on any atom is 0.256 e. The Labute approximate surface area is 157 Å². The van der Waals surface area contributed by atoms with Crippen molar-refractivity contribution in [3.8, 4) is 5.75 Å². The quantitative estimate of drug-likeness (QED) is 0.733. The zero-order chi connectivity index (χ0) is 19.6. The van der Waals surface area contributed by atoms with Gasteiger partial charge in [-0.25, -0.2) is 4.39 Å². The average Bonchev–Trinajstić information content (AvgIpc) is 2.91. The van der Waals surface area contributed by atoms with Crippen LogP contribution in [0.3, 0.4) is 0 Å². The lowest BCUT2D eigenvalue weighted by molar-refractivity contribution is 0.102. The van der Waals surface area contributed by atoms with E-state index in [0.29, 0.717) is 34.8 Å². The van der Waals surface area contributed by atoms with Crippen molar-refractivity contribution in [2.45, 2.75) is 27.3 Å². The first-order valence-corrected chi connectivity index (χ1v) is 8.64. The van der Waals surface area contributed by atoms with E-state index in [4.69, 9.17) is 4.74 Å². The minimum Gasteiger partial charge on any atom is -0.496 e. The monoisotopic (exact) mass is 367 g/mol. The van der Waals surface area contributed by atoms with Crippen LogP contribution in [0.4, 0.5) is 10.1 Å². The molecule has 2 aromatic carbocycles. The number of rotatable bonds is 5. The predicted molar refractivity (Wildman–Crippen MR) is 103 cm³/mol. The summed E-state index contributed by atoms with van der Waals surface area (Å²) in [5, 5.41) is 7.40. The molecule has 6 heteroatoms. The zero-order valence-corrected chi connectivity index (χ0v) is 15.8. The number of nitrogens with one attached hydrogen (secondary N) is 1. The number of anilines is 1. The molecule has 0 bridgehead atoms. The molecule has 1 N–H and O–H groups in total. The molecule has 1 aromatic heterocycles. The molecule has 1 heterocycles. The van der Waals surface area contributed by atoms with Gasteiger partial charge in [-0.05, 0) is 39.0 Å². The van der Waals surface area contributed by atoms with Gasteiger partial charge in [0.1, 0.15) is 11.6 Å². The third kappa shape index (κ3) is 3.69. The van der Waals surface area contributed by atoms with Crippen LogP contribution in [0.15, 0.2) is 42.5 Å². The second kappa shape index (κ2) is 7.61. The lowest BCUT2D eigenvalue weighted by Crippen LogP contribution is -2.15. The molecular formula is C21H22FN3O2. The number of hydrogen-bond acceptors (Lipinski definition) is 3. The highest BCUT2D eigenvalue weighted by Crippen LogP contribution is 2.25. The van der Waals surface area contributed by atoms with Gasteiger partial charge in [0.25, 0.3) is 5.91 Å². The van der Waals surface area contributed by atoms with Gasteiger partial charge >= 0.3 is 0 Å². The van der Waals surface area contributed by atoms with E-state index < -0.39 is 0 Å². The number of halogens is 1. The molecule has 0 saturated heterocycles. The number of hydrogen-bond donors (Lipinski definition) is 1. The molecule has 0 fully saturated rings. The smallest absolute Gasteiger partial charge is 0.256 e. The van der Waals surface area contributed by atoms with Crippen molar-refractivity contribution < 1.29 is 13.9 Å². The van der Waals surface area contributed by atoms with Gasteiger partial charge in [-0.15, -0.1) is 0 Å². The Morgan fingerprint density at radius 1 is 1.15 bits per heavy atom. The fourth-order valence-electron chi connectivity index (χ4n) is 3.08. The van der Waals surface area contributed by atoms with Gasteiger partial charge < -0.3 is 10.1 Å². The molecule has 140 valence electrons. The van der Waals surface area contributed by atoms with Gasteiger partial charge in [0, 0.05) is 16.7 Å². The third-order valence-corrected chi connectivity index (χ3v) is 4.65. The maximum absolute atomic E-state index is 13.9. The van der Waals surface area contributed by atoms with E-state index in [1.54, 1.807) is 42.1 Å². The van der Waals surface area contributed by atoms with Crippen molar-refractivity contribution in [2.75, 3.05) is 12.4 Å². The van der Waals surface area contributed by atoms with Crippen LogP contribution in [0.5, 0.6) is 5.75 Å². The fourth-order valence-corrected chi connectivity index (χ4v) is 3.08. The van der Waals surface area contributed by atoms with Crippen molar-refractivity contribution in [1.29, 1.82) is 0 Å². The van der Waals surface area contributed by atoms with Crippen LogP contribution >= 0.6 is 0 Å². The van der Waals surface area contributed by atoms with E-state index in [2.05, 4.69) is 10.4 Å². The summed E-state index contributed by atoms with van der Waals surface area (Å²) in [7, 11) is 1.57. The molecule has 0 radical (unpaired) electrons. The van der Waals surface area contributed by atoms with Gasteiger partial charge in [-0.1, -0.05) is 24.3 Å². The van der Waals surface area contributed by atoms with Crippen molar-refractivity contribution in [2.24, 2.45) is 0 Å². The highest BCUT2D eigenvalue weighted by atomic mass is 19.1. The fraction of sp³-hybridized carbons (Fsp3) is 0.238. The van der Waals surface area contributed by atoms with Crippen molar-refractivity contribution in [1.82, 2.24) is 9.78 Å². The van der Waals surface area contributed by atoms with Crippen molar-refractivity contribution in [3.63, 3.8) is 0 Å². The molecule has 3 aromatic rings. The first-order chi connectivity index (χ1) is 12.9. The Balaban J connectivity index is 1.87. The number of aromatic nitrogens is 2. The lowest BCUT2D eigenvalue weighted by Gasteiger charge is -2.11. The Kier molecular flexibility index (Phi) is 5.26. The normalized spacial score (nSPS) is 10.7. The summed E-state index contributed by atoms with van der Waals surface area (Å²) < 4.78 is 20.9. The summed E-state index contributed by atoms with van der Waals surface area (Å²) >= 11 is 0. The van der Waals surface area contributed by atoms with Crippen LogP contribution < -0.4 is 10.1 Å². The SMILES string of the molecule is COc1cccc(C(=O)Nc2c(C)nn(Cc3ccccc3F)c2C)c1C. The molecule has 5 nitrogen and oxygen atoms in total. The number of carbonyl (C=O) groups is 1. The number of carbonyl (C=O) groups excluding carboxylic acids is 1. The summed E-state index contributed by atoms with van der Waals surface area (Å²) in [6, 6.07) is 11.9. The Morgan fingerprint density at radius 3 is 2.59 bits per heavy atom. The van der Waals surface area contributed by atoms with E-state index >= 15 is 0 Å². The van der Waals surface area contributed by atoms with Crippen LogP contribution in [0.1, 0.15) is 32.9 Å². The summed E-state index contributed by atoms with van der Waals surface area (Å²) in [4.78, 5) is 12.8. The zero-order valence-electron chi connectivity index (χ0n) is 15.8. The van der Waals surface area contributed by atoms with Gasteiger partial charge in [0.2, 0.25) is 0 Å². The molecule has 0 unspecified atom stereocenters. The van der Waals surface area contributed by atoms with Crippen LogP contribution in [0.2, 0.25) is 0 Å². The standard InChI is InChI=1S/C21H22FN3O2/c1-13-17(9-7-11-19(13)27-4)21(26)23-20-14(2)24-25(15(20)3)12-16-8-5-6-10-18(16)22/h5-11H,12H2,1-4H3,(H,23,26). The molecule has 0 atom stereocenters. The summed E-state index contributed by atoms with van der Waals surface area (Å²) in [6.07, 6.45) is 0. The molecular weight excluding hydrogens is 345 g/mol. The minimum absolute atomic E-state index is 0.233. The van der Waals surface area contributed by atoms with Crippen LogP contribution in [-0.2, 0) is 6.54 Å². The highest BCUT2D eigenvalue weighted by Gasteiger charge is 2.18. The minimum atomic E-state index is -0.275. The molecule has 1 amide bonds. The predicted octanol–water partition coefficient (Wildman–Crippen LogP) is 4.26. The van der Waals surface area contributed by atoms with Crippen LogP contribution in [-0.4, -0.2) is 22.8 Å². The number of methoxy groups -OCH3 is 1. The maximum atomic E-state index is 13.9. The van der Waals surface area contributed by atoms with Gasteiger partial charge in [-0.2, -0.15) is 5.10 Å². The number of ether oxygens (including phenoxy) is 1. The molecule has 0 spiro atoms. The third-order valence-electron chi connectivity index (χ3n) is 4.65. The number of benzene rings is 2. The molecule has 0 aliphatic rings. The number of aryl methyl sites for hydroxylation is 1. The number of amides is 1. The van der Waals surface area contributed by atoms with Gasteiger partial charge in [0.15, 0.2) is 0 Å². The van der Waals surface area contributed by atoms with Gasteiger partial charge in [-0.3, -0.25) is 9.48 Å². The highest BCUT2D eigenvalue weighted by molar-refractivity contribution is 6.06. The van der Waals surface area contributed by atoms with Crippen molar-refractivity contribution in [3.05, 3.63) is 76.4 Å². The van der Waals surface area contributed by atoms with E-state index in [1.165, 1.54) is 6.07 Å². The van der Waals surface area contributed by atoms with E-state index in [9.17, 15) is 9.18 Å². The first kappa shape index (κ1) is 18.6. The van der Waals surface area contributed by atoms with E-state index in [0.717, 1.165) is 11.3 Å². The van der Waals surface area contributed by atoms with E-state index in [1.807, 2.05) is 26.8 Å². The van der Waals surface area contributed by atoms with Crippen LogP contribution in [0.25, 0.3) is 0 Å². The molecule has 0 aliphatic heterocycles. The second-order valence-electron chi connectivity index (χ2n) is 6.38. The van der Waals surface area contributed by atoms with Crippen LogP contribution in [0, 0.1) is 26.6 Å². The Morgan fingerprint density at radius 2 is 1.89 bits per heavy atom. The average molecular weight is 367 g/mol. The first-order valence-electron chi connectivity index (χ1n) is 8.64. The molecule has 0 aliphatic carbocycles. The lowest BCUT2D eigenvalue weighted by atomic mass is 10.1. The molecule has 3 rings (SSSR count). The Hall–Kier alpha value is -3.15. The van der Waals surface area contributed by atoms with E-state index in [-0.39, 0.29) is 11.7 Å². The topological polar surface area (TPSA) is 56.1 Å². The Bertz CT molecular complexity index is 995. The van der Waals surface area contributed by atoms with Crippen molar-refractivity contribution >= 4 is 11.6 Å². The van der Waals surface area contributed by atoms with Gasteiger partial charge in [0.05, 0.1) is 30.7 Å². The summed E-state index contributed by atoms with van der Waals surface area (Å²) in [6.45, 7) is 5.82. The number of nitrogens with zero attached hydrogens (tertiary/aromatic N) is 2. The summed E-state index contributed by atoms with van der Waals surface area (Å²) in [5.74, 6) is 0.150.